The Hall–Kier alpha value is -1.45. The average Bonchev–Trinajstić information content (AvgIpc) is 2.58. The van der Waals surface area contributed by atoms with Gasteiger partial charge >= 0.3 is 0 Å². The summed E-state index contributed by atoms with van der Waals surface area (Å²) >= 11 is 0. The van der Waals surface area contributed by atoms with Crippen molar-refractivity contribution >= 4 is 11.4 Å². The van der Waals surface area contributed by atoms with Crippen molar-refractivity contribution in [3.8, 4) is 5.75 Å². The first-order valence-electron chi connectivity index (χ1n) is 7.01. The smallest absolute Gasteiger partial charge is 0.148 e. The van der Waals surface area contributed by atoms with E-state index in [1.165, 1.54) is 31.7 Å². The van der Waals surface area contributed by atoms with Crippen molar-refractivity contribution in [2.45, 2.75) is 45.1 Å². The first-order chi connectivity index (χ1) is 9.11. The minimum absolute atomic E-state index is 0.310. The molecule has 19 heavy (non-hydrogen) atoms. The molecule has 0 bridgehead atoms. The number of nitrogens with one attached hydrogen (secondary N) is 1. The van der Waals surface area contributed by atoms with Crippen molar-refractivity contribution < 1.29 is 9.13 Å². The van der Waals surface area contributed by atoms with Gasteiger partial charge in [0.15, 0.2) is 0 Å². The van der Waals surface area contributed by atoms with Crippen molar-refractivity contribution in [2.75, 3.05) is 18.2 Å². The summed E-state index contributed by atoms with van der Waals surface area (Å²) in [5.74, 6) is 0.769. The van der Waals surface area contributed by atoms with E-state index in [0.717, 1.165) is 6.42 Å². The van der Waals surface area contributed by atoms with Crippen LogP contribution in [0.2, 0.25) is 0 Å². The van der Waals surface area contributed by atoms with Gasteiger partial charge in [0, 0.05) is 18.2 Å². The van der Waals surface area contributed by atoms with Crippen molar-refractivity contribution in [2.24, 2.45) is 5.92 Å². The predicted octanol–water partition coefficient (Wildman–Crippen LogP) is 3.80. The summed E-state index contributed by atoms with van der Waals surface area (Å²) in [5.41, 5.74) is 6.52. The largest absolute Gasteiger partial charge is 0.495 e. The molecule has 2 atom stereocenters. The van der Waals surface area contributed by atoms with Crippen LogP contribution < -0.4 is 15.8 Å². The Labute approximate surface area is 114 Å². The first-order valence-corrected chi connectivity index (χ1v) is 7.01. The van der Waals surface area contributed by atoms with Crippen molar-refractivity contribution in [1.82, 2.24) is 0 Å². The lowest BCUT2D eigenvalue weighted by Gasteiger charge is -2.24. The van der Waals surface area contributed by atoms with Gasteiger partial charge in [-0.1, -0.05) is 26.2 Å². The summed E-state index contributed by atoms with van der Waals surface area (Å²) in [5, 5.41) is 3.33. The Morgan fingerprint density at radius 2 is 2.00 bits per heavy atom. The van der Waals surface area contributed by atoms with E-state index in [1.807, 2.05) is 0 Å². The molecule has 3 N–H and O–H groups in total. The van der Waals surface area contributed by atoms with Gasteiger partial charge in [-0.15, -0.1) is 0 Å². The van der Waals surface area contributed by atoms with Crippen molar-refractivity contribution in [3.05, 3.63) is 17.9 Å². The zero-order valence-electron chi connectivity index (χ0n) is 11.7. The number of halogens is 1. The Bertz CT molecular complexity index is 436. The summed E-state index contributed by atoms with van der Waals surface area (Å²) in [7, 11) is 1.54. The zero-order chi connectivity index (χ0) is 13.8. The standard InChI is InChI=1S/C15H23FN2O/c1-10-6-4-3-5-7-13(10)18-14-9-15(19-2)12(17)8-11(14)16/h8-10,13,18H,3-7,17H2,1-2H3. The number of methoxy groups -OCH3 is 1. The molecule has 0 amide bonds. The number of hydrogen-bond acceptors (Lipinski definition) is 3. The fourth-order valence-corrected chi connectivity index (χ4v) is 2.76. The normalized spacial score (nSPS) is 23.7. The third-order valence-corrected chi connectivity index (χ3v) is 4.02. The molecule has 1 aromatic carbocycles. The molecule has 0 aliphatic heterocycles. The van der Waals surface area contributed by atoms with Crippen LogP contribution in [0, 0.1) is 11.7 Å². The third kappa shape index (κ3) is 3.31. The van der Waals surface area contributed by atoms with E-state index in [-0.39, 0.29) is 5.82 Å². The third-order valence-electron chi connectivity index (χ3n) is 4.02. The second kappa shape index (κ2) is 6.13. The van der Waals surface area contributed by atoms with Gasteiger partial charge < -0.3 is 15.8 Å². The Morgan fingerprint density at radius 3 is 2.74 bits per heavy atom. The predicted molar refractivity (Wildman–Crippen MR) is 77.0 cm³/mol. The molecule has 0 saturated heterocycles. The highest BCUT2D eigenvalue weighted by atomic mass is 19.1. The van der Waals surface area contributed by atoms with Gasteiger partial charge in [0.05, 0.1) is 18.5 Å². The van der Waals surface area contributed by atoms with E-state index in [0.29, 0.717) is 29.1 Å². The van der Waals surface area contributed by atoms with E-state index in [2.05, 4.69) is 12.2 Å². The van der Waals surface area contributed by atoms with Gasteiger partial charge in [-0.05, 0) is 18.8 Å². The molecular weight excluding hydrogens is 243 g/mol. The Balaban J connectivity index is 2.17. The molecule has 4 heteroatoms. The molecule has 0 radical (unpaired) electrons. The number of nitrogens with two attached hydrogens (primary N) is 1. The Morgan fingerprint density at radius 1 is 1.26 bits per heavy atom. The van der Waals surface area contributed by atoms with Crippen LogP contribution in [0.15, 0.2) is 12.1 Å². The Kier molecular flexibility index (Phi) is 4.51. The van der Waals surface area contributed by atoms with Crippen LogP contribution in [-0.4, -0.2) is 13.2 Å². The van der Waals surface area contributed by atoms with Crippen molar-refractivity contribution in [3.63, 3.8) is 0 Å². The van der Waals surface area contributed by atoms with Crippen LogP contribution in [0.3, 0.4) is 0 Å². The van der Waals surface area contributed by atoms with Crippen LogP contribution >= 0.6 is 0 Å². The topological polar surface area (TPSA) is 47.3 Å². The molecule has 3 nitrogen and oxygen atoms in total. The highest BCUT2D eigenvalue weighted by molar-refractivity contribution is 5.62. The summed E-state index contributed by atoms with van der Waals surface area (Å²) < 4.78 is 19.1. The maximum Gasteiger partial charge on any atom is 0.148 e. The van der Waals surface area contributed by atoms with E-state index in [1.54, 1.807) is 13.2 Å². The molecule has 0 spiro atoms. The minimum atomic E-state index is -0.310. The summed E-state index contributed by atoms with van der Waals surface area (Å²) in [6.45, 7) is 2.23. The molecule has 0 heterocycles. The van der Waals surface area contributed by atoms with Crippen LogP contribution in [0.5, 0.6) is 5.75 Å². The molecule has 2 unspecified atom stereocenters. The average molecular weight is 266 g/mol. The monoisotopic (exact) mass is 266 g/mol. The van der Waals surface area contributed by atoms with E-state index in [4.69, 9.17) is 10.5 Å². The van der Waals surface area contributed by atoms with Crippen LogP contribution in [0.4, 0.5) is 15.8 Å². The molecule has 1 saturated carbocycles. The molecule has 1 fully saturated rings. The fourth-order valence-electron chi connectivity index (χ4n) is 2.76. The summed E-state index contributed by atoms with van der Waals surface area (Å²) in [6.07, 6.45) is 6.04. The quantitative estimate of drug-likeness (QED) is 0.646. The number of hydrogen-bond donors (Lipinski definition) is 2. The fraction of sp³-hybridized carbons (Fsp3) is 0.600. The van der Waals surface area contributed by atoms with Gasteiger partial charge in [-0.3, -0.25) is 0 Å². The van der Waals surface area contributed by atoms with E-state index in [9.17, 15) is 4.39 Å². The summed E-state index contributed by atoms with van der Waals surface area (Å²) in [4.78, 5) is 0. The maximum atomic E-state index is 14.0. The van der Waals surface area contributed by atoms with Gasteiger partial charge in [-0.25, -0.2) is 4.39 Å². The SMILES string of the molecule is COc1cc(NC2CCCCCC2C)c(F)cc1N. The molecular formula is C15H23FN2O. The zero-order valence-corrected chi connectivity index (χ0v) is 11.7. The van der Waals surface area contributed by atoms with Crippen molar-refractivity contribution in [1.29, 1.82) is 0 Å². The lowest BCUT2D eigenvalue weighted by atomic mass is 9.96. The second-order valence-corrected chi connectivity index (χ2v) is 5.44. The van der Waals surface area contributed by atoms with Crippen LogP contribution in [0.25, 0.3) is 0 Å². The molecule has 1 aliphatic rings. The lowest BCUT2D eigenvalue weighted by Crippen LogP contribution is -2.26. The van der Waals surface area contributed by atoms with Gasteiger partial charge in [0.1, 0.15) is 11.6 Å². The number of anilines is 2. The summed E-state index contributed by atoms with van der Waals surface area (Å²) in [6, 6.07) is 3.30. The van der Waals surface area contributed by atoms with E-state index >= 15 is 0 Å². The minimum Gasteiger partial charge on any atom is -0.495 e. The van der Waals surface area contributed by atoms with Gasteiger partial charge in [0.25, 0.3) is 0 Å². The highest BCUT2D eigenvalue weighted by Gasteiger charge is 2.21. The highest BCUT2D eigenvalue weighted by Crippen LogP contribution is 2.31. The van der Waals surface area contributed by atoms with Gasteiger partial charge in [-0.2, -0.15) is 0 Å². The number of benzene rings is 1. The molecule has 1 aromatic rings. The maximum absolute atomic E-state index is 14.0. The first kappa shape index (κ1) is 14.0. The van der Waals surface area contributed by atoms with E-state index < -0.39 is 0 Å². The van der Waals surface area contributed by atoms with Crippen LogP contribution in [-0.2, 0) is 0 Å². The molecule has 106 valence electrons. The number of ether oxygens (including phenoxy) is 1. The molecule has 2 rings (SSSR count). The molecule has 0 aromatic heterocycles. The number of nitrogen functional groups attached to an aromatic ring is 1. The van der Waals surface area contributed by atoms with Gasteiger partial charge in [0.2, 0.25) is 0 Å². The number of rotatable bonds is 3. The second-order valence-electron chi connectivity index (χ2n) is 5.44. The molecule has 1 aliphatic carbocycles. The lowest BCUT2D eigenvalue weighted by molar-refractivity contribution is 0.415. The van der Waals surface area contributed by atoms with Crippen LogP contribution in [0.1, 0.15) is 39.0 Å².